The van der Waals surface area contributed by atoms with Gasteiger partial charge in [-0.1, -0.05) is 18.2 Å². The van der Waals surface area contributed by atoms with E-state index in [0.717, 1.165) is 5.57 Å². The molecule has 0 aromatic carbocycles. The maximum Gasteiger partial charge on any atom is 0.159 e. The summed E-state index contributed by atoms with van der Waals surface area (Å²) in [6, 6.07) is 0. The van der Waals surface area contributed by atoms with Crippen LogP contribution in [0.1, 0.15) is 20.8 Å². The normalized spacial score (nSPS) is 53.9. The summed E-state index contributed by atoms with van der Waals surface area (Å²) >= 11 is 0. The van der Waals surface area contributed by atoms with Crippen LogP contribution >= 0.6 is 0 Å². The Morgan fingerprint density at radius 1 is 1.29 bits per heavy atom. The molecular formula is C12H14O2. The van der Waals surface area contributed by atoms with Gasteiger partial charge in [0.2, 0.25) is 0 Å². The number of allylic oxidation sites excluding steroid dienone is 2. The molecule has 74 valence electrons. The van der Waals surface area contributed by atoms with Crippen LogP contribution in [0.4, 0.5) is 0 Å². The molecule has 1 fully saturated rings. The Balaban J connectivity index is 2.36. The summed E-state index contributed by atoms with van der Waals surface area (Å²) in [6.45, 7) is 6.62. The molecular weight excluding hydrogens is 176 g/mol. The smallest absolute Gasteiger partial charge is 0.159 e. The number of carbonyl (C=O) groups excluding carboxylic acids is 1. The first-order valence-electron chi connectivity index (χ1n) is 5.04. The molecule has 2 heteroatoms. The maximum atomic E-state index is 12.3. The molecule has 0 spiro atoms. The number of ketones is 1. The second-order valence-corrected chi connectivity index (χ2v) is 5.14. The van der Waals surface area contributed by atoms with Gasteiger partial charge in [0.25, 0.3) is 0 Å². The van der Waals surface area contributed by atoms with Crippen molar-refractivity contribution in [2.24, 2.45) is 10.8 Å². The van der Waals surface area contributed by atoms with Crippen LogP contribution in [0.3, 0.4) is 0 Å². The minimum absolute atomic E-state index is 0.294. The van der Waals surface area contributed by atoms with E-state index in [-0.39, 0.29) is 5.41 Å². The Morgan fingerprint density at radius 2 is 2.00 bits per heavy atom. The average Bonchev–Trinajstić information content (AvgIpc) is 2.45. The zero-order chi connectivity index (χ0) is 10.2. The lowest BCUT2D eigenvalue weighted by molar-refractivity contribution is -0.138. The van der Waals surface area contributed by atoms with Crippen LogP contribution in [0.15, 0.2) is 23.8 Å². The molecule has 3 rings (SSSR count). The molecule has 0 radical (unpaired) electrons. The predicted molar refractivity (Wildman–Crippen MR) is 52.8 cm³/mol. The Hall–Kier alpha value is -0.890. The molecule has 1 heterocycles. The van der Waals surface area contributed by atoms with Gasteiger partial charge in [0.15, 0.2) is 5.78 Å². The van der Waals surface area contributed by atoms with Gasteiger partial charge in [-0.3, -0.25) is 4.79 Å². The molecule has 1 saturated heterocycles. The van der Waals surface area contributed by atoms with Crippen LogP contribution in [0, 0.1) is 10.8 Å². The van der Waals surface area contributed by atoms with Crippen molar-refractivity contribution in [2.75, 3.05) is 6.61 Å². The summed E-state index contributed by atoms with van der Waals surface area (Å²) < 4.78 is 5.74. The van der Waals surface area contributed by atoms with Crippen molar-refractivity contribution in [2.45, 2.75) is 26.4 Å². The second kappa shape index (κ2) is 1.89. The molecule has 2 bridgehead atoms. The largest absolute Gasteiger partial charge is 0.365 e. The number of hydrogen-bond donors (Lipinski definition) is 0. The molecule has 2 aliphatic carbocycles. The van der Waals surface area contributed by atoms with Gasteiger partial charge < -0.3 is 4.74 Å². The fourth-order valence-corrected chi connectivity index (χ4v) is 3.03. The van der Waals surface area contributed by atoms with E-state index in [4.69, 9.17) is 4.74 Å². The lowest BCUT2D eigenvalue weighted by Crippen LogP contribution is -2.50. The van der Waals surface area contributed by atoms with E-state index in [1.54, 1.807) is 0 Å². The van der Waals surface area contributed by atoms with Crippen LogP contribution in [-0.4, -0.2) is 18.0 Å². The van der Waals surface area contributed by atoms with E-state index >= 15 is 0 Å². The average molecular weight is 190 g/mol. The molecule has 0 aromatic heterocycles. The zero-order valence-electron chi connectivity index (χ0n) is 8.76. The van der Waals surface area contributed by atoms with E-state index in [2.05, 4.69) is 12.2 Å². The van der Waals surface area contributed by atoms with Gasteiger partial charge in [-0.2, -0.15) is 0 Å². The monoisotopic (exact) mass is 190 g/mol. The van der Waals surface area contributed by atoms with Crippen molar-refractivity contribution >= 4 is 5.78 Å². The Labute approximate surface area is 83.6 Å². The van der Waals surface area contributed by atoms with E-state index in [1.807, 2.05) is 26.8 Å². The molecule has 0 saturated carbocycles. The van der Waals surface area contributed by atoms with Crippen LogP contribution in [-0.2, 0) is 9.53 Å². The summed E-state index contributed by atoms with van der Waals surface area (Å²) in [5.41, 5.74) is -0.0204. The molecule has 1 aliphatic heterocycles. The van der Waals surface area contributed by atoms with Crippen molar-refractivity contribution < 1.29 is 9.53 Å². The highest BCUT2D eigenvalue weighted by Crippen LogP contribution is 2.60. The second-order valence-electron chi connectivity index (χ2n) is 5.14. The fraction of sp³-hybridized carbons (Fsp3) is 0.583. The van der Waals surface area contributed by atoms with Crippen molar-refractivity contribution in [3.05, 3.63) is 23.8 Å². The van der Waals surface area contributed by atoms with Crippen molar-refractivity contribution in [1.82, 2.24) is 0 Å². The molecule has 3 aliphatic rings. The number of fused-ring (bicyclic) bond motifs is 1. The summed E-state index contributed by atoms with van der Waals surface area (Å²) in [7, 11) is 0. The quantitative estimate of drug-likeness (QED) is 0.545. The van der Waals surface area contributed by atoms with Crippen molar-refractivity contribution in [3.63, 3.8) is 0 Å². The van der Waals surface area contributed by atoms with Crippen molar-refractivity contribution in [3.8, 4) is 0 Å². The van der Waals surface area contributed by atoms with E-state index in [1.165, 1.54) is 0 Å². The fourth-order valence-electron chi connectivity index (χ4n) is 3.03. The SMILES string of the molecule is CC12C=CC3(C)OCC(=C1)C3(C)C2=O. The zero-order valence-corrected chi connectivity index (χ0v) is 8.76. The molecule has 14 heavy (non-hydrogen) atoms. The number of carbonyl (C=O) groups is 1. The third-order valence-corrected chi connectivity index (χ3v) is 4.33. The standard InChI is InChI=1S/C12H14O2/c1-10-4-5-11(2)12(3,9(10)13)8(6-10)7-14-11/h4-6H,7H2,1-3H3. The maximum absolute atomic E-state index is 12.3. The van der Waals surface area contributed by atoms with Crippen LogP contribution < -0.4 is 0 Å². The first-order chi connectivity index (χ1) is 6.42. The van der Waals surface area contributed by atoms with E-state index in [0.29, 0.717) is 12.4 Å². The number of hydrogen-bond acceptors (Lipinski definition) is 2. The van der Waals surface area contributed by atoms with Crippen LogP contribution in [0.5, 0.6) is 0 Å². The van der Waals surface area contributed by atoms with E-state index in [9.17, 15) is 4.79 Å². The molecule has 3 unspecified atom stereocenters. The Kier molecular flexibility index (Phi) is 1.14. The molecule has 2 nitrogen and oxygen atoms in total. The van der Waals surface area contributed by atoms with Gasteiger partial charge >= 0.3 is 0 Å². The summed E-state index contributed by atoms with van der Waals surface area (Å²) in [5.74, 6) is 0.294. The minimum atomic E-state index is -0.411. The predicted octanol–water partition coefficient (Wildman–Crippen LogP) is 1.87. The van der Waals surface area contributed by atoms with Gasteiger partial charge in [0, 0.05) is 0 Å². The Bertz CT molecular complexity index is 407. The topological polar surface area (TPSA) is 26.3 Å². The molecule has 0 aromatic rings. The van der Waals surface area contributed by atoms with Crippen molar-refractivity contribution in [1.29, 1.82) is 0 Å². The van der Waals surface area contributed by atoms with Gasteiger partial charge in [-0.25, -0.2) is 0 Å². The lowest BCUT2D eigenvalue weighted by atomic mass is 9.64. The van der Waals surface area contributed by atoms with Gasteiger partial charge in [-0.05, 0) is 26.3 Å². The first kappa shape index (κ1) is 8.42. The summed E-state index contributed by atoms with van der Waals surface area (Å²) in [5, 5.41) is 0. The van der Waals surface area contributed by atoms with Gasteiger partial charge in [-0.15, -0.1) is 0 Å². The molecule has 3 atom stereocenters. The highest BCUT2D eigenvalue weighted by Gasteiger charge is 2.65. The van der Waals surface area contributed by atoms with Gasteiger partial charge in [0.05, 0.1) is 23.0 Å². The highest BCUT2D eigenvalue weighted by molar-refractivity contribution is 6.02. The third-order valence-electron chi connectivity index (χ3n) is 4.33. The molecule has 0 N–H and O–H groups in total. The first-order valence-corrected chi connectivity index (χ1v) is 5.04. The third kappa shape index (κ3) is 0.584. The highest BCUT2D eigenvalue weighted by atomic mass is 16.5. The Morgan fingerprint density at radius 3 is 2.71 bits per heavy atom. The minimum Gasteiger partial charge on any atom is -0.365 e. The van der Waals surface area contributed by atoms with E-state index < -0.39 is 11.0 Å². The summed E-state index contributed by atoms with van der Waals surface area (Å²) in [4.78, 5) is 12.3. The number of ether oxygens (including phenoxy) is 1. The van der Waals surface area contributed by atoms with Gasteiger partial charge in [0.1, 0.15) is 0 Å². The van der Waals surface area contributed by atoms with Crippen LogP contribution in [0.2, 0.25) is 0 Å². The lowest BCUT2D eigenvalue weighted by Gasteiger charge is -2.40. The molecule has 0 amide bonds. The number of rotatable bonds is 0. The summed E-state index contributed by atoms with van der Waals surface area (Å²) in [6.07, 6.45) is 6.14. The number of Topliss-reactive ketones (excluding diaryl/α,β-unsaturated/α-hetero) is 1. The van der Waals surface area contributed by atoms with Crippen LogP contribution in [0.25, 0.3) is 0 Å².